The minimum atomic E-state index is 0.0568. The van der Waals surface area contributed by atoms with Gasteiger partial charge in [-0.15, -0.1) is 12.6 Å². The third-order valence-corrected chi connectivity index (χ3v) is 13.2. The average molecular weight is 846 g/mol. The molecule has 0 saturated heterocycles. The third kappa shape index (κ3) is 10.8. The van der Waals surface area contributed by atoms with Gasteiger partial charge in [-0.05, 0) is 149 Å². The van der Waals surface area contributed by atoms with Crippen molar-refractivity contribution < 1.29 is 0 Å². The van der Waals surface area contributed by atoms with E-state index in [2.05, 4.69) is 208 Å². The molecule has 0 unspecified atom stereocenters. The lowest BCUT2D eigenvalue weighted by atomic mass is 9.71. The van der Waals surface area contributed by atoms with Crippen molar-refractivity contribution in [2.75, 3.05) is 4.90 Å². The smallest absolute Gasteiger partial charge is 0.142 e. The first kappa shape index (κ1) is 47.0. The van der Waals surface area contributed by atoms with Gasteiger partial charge in [-0.1, -0.05) is 193 Å². The Morgan fingerprint density at radius 1 is 0.825 bits per heavy atom. The Morgan fingerprint density at radius 2 is 1.54 bits per heavy atom. The maximum atomic E-state index is 5.10. The number of allylic oxidation sites excluding steroid dienone is 9. The number of fused-ring (bicyclic) bond motifs is 1. The lowest BCUT2D eigenvalue weighted by molar-refractivity contribution is 0.284. The van der Waals surface area contributed by atoms with E-state index in [9.17, 15) is 0 Å². The zero-order valence-corrected chi connectivity index (χ0v) is 40.6. The highest BCUT2D eigenvalue weighted by Crippen LogP contribution is 2.46. The van der Waals surface area contributed by atoms with E-state index in [1.807, 2.05) is 13.0 Å². The van der Waals surface area contributed by atoms with Gasteiger partial charge in [0, 0.05) is 16.3 Å². The molecule has 3 heteroatoms. The highest BCUT2D eigenvalue weighted by molar-refractivity contribution is 7.84. The molecule has 0 fully saturated rings. The predicted octanol–water partition coefficient (Wildman–Crippen LogP) is 16.3. The summed E-state index contributed by atoms with van der Waals surface area (Å²) >= 11 is 5.02. The van der Waals surface area contributed by atoms with Gasteiger partial charge in [0.1, 0.15) is 7.85 Å². The van der Waals surface area contributed by atoms with Crippen LogP contribution in [0, 0.1) is 24.7 Å². The molecule has 0 spiro atoms. The lowest BCUT2D eigenvalue weighted by Gasteiger charge is -2.37. The van der Waals surface area contributed by atoms with Crippen molar-refractivity contribution in [3.05, 3.63) is 202 Å². The maximum Gasteiger partial charge on any atom is 0.142 e. The first-order valence-electron chi connectivity index (χ1n) is 22.8. The third-order valence-electron chi connectivity index (χ3n) is 12.9. The molecular weight excluding hydrogens is 778 g/mol. The summed E-state index contributed by atoms with van der Waals surface area (Å²) in [4.78, 5) is 3.25. The molecule has 63 heavy (non-hydrogen) atoms. The molecule has 0 radical (unpaired) electrons. The number of rotatable bonds is 15. The quantitative estimate of drug-likeness (QED) is 0.0624. The van der Waals surface area contributed by atoms with E-state index in [1.54, 1.807) is 6.08 Å². The Morgan fingerprint density at radius 3 is 2.24 bits per heavy atom. The molecule has 5 aromatic rings. The molecule has 0 heterocycles. The molecule has 5 aromatic carbocycles. The van der Waals surface area contributed by atoms with Crippen molar-refractivity contribution >= 4 is 54.2 Å². The SMILES string of the molecule is Bc1c(N(C(=C)C2=C(CC)CCC(C(C)(C)CCC(C)(C)C)=C2)/C(=C\C(S)=C/C=C)c2ccccc2)cc2ccccc2c1-c1cccc(-c2cc(/C=C\C=C/C)ccc2C)c1C. The fraction of sp³-hybridized carbons (Fsp3) is 0.267. The van der Waals surface area contributed by atoms with Crippen LogP contribution < -0.4 is 10.4 Å². The normalized spacial score (nSPS) is 14.2. The Labute approximate surface area is 387 Å². The van der Waals surface area contributed by atoms with Gasteiger partial charge >= 0.3 is 0 Å². The maximum absolute atomic E-state index is 5.10. The molecule has 0 bridgehead atoms. The van der Waals surface area contributed by atoms with Crippen LogP contribution in [0.1, 0.15) is 103 Å². The molecule has 0 atom stereocenters. The fourth-order valence-corrected chi connectivity index (χ4v) is 9.29. The van der Waals surface area contributed by atoms with Crippen LogP contribution >= 0.6 is 12.6 Å². The summed E-state index contributed by atoms with van der Waals surface area (Å²) < 4.78 is 0. The van der Waals surface area contributed by atoms with Gasteiger partial charge < -0.3 is 4.90 Å². The highest BCUT2D eigenvalue weighted by Gasteiger charge is 2.31. The number of anilines is 1. The summed E-state index contributed by atoms with van der Waals surface area (Å²) in [5.41, 5.74) is 18.5. The Hall–Kier alpha value is -5.51. The minimum absolute atomic E-state index is 0.0568. The van der Waals surface area contributed by atoms with Gasteiger partial charge in [0.2, 0.25) is 0 Å². The minimum Gasteiger partial charge on any atom is -0.310 e. The second-order valence-electron chi connectivity index (χ2n) is 19.0. The van der Waals surface area contributed by atoms with E-state index in [4.69, 9.17) is 19.2 Å². The van der Waals surface area contributed by atoms with Gasteiger partial charge in [-0.3, -0.25) is 0 Å². The van der Waals surface area contributed by atoms with Crippen LogP contribution in [0.2, 0.25) is 0 Å². The first-order valence-corrected chi connectivity index (χ1v) is 23.3. The van der Waals surface area contributed by atoms with Crippen LogP contribution in [0.15, 0.2) is 180 Å². The summed E-state index contributed by atoms with van der Waals surface area (Å²) in [5, 5.41) is 2.40. The highest BCUT2D eigenvalue weighted by atomic mass is 32.1. The van der Waals surface area contributed by atoms with Crippen LogP contribution in [0.4, 0.5) is 5.69 Å². The second-order valence-corrected chi connectivity index (χ2v) is 19.6. The van der Waals surface area contributed by atoms with E-state index in [1.165, 1.54) is 78.3 Å². The van der Waals surface area contributed by atoms with Gasteiger partial charge in [-0.2, -0.15) is 0 Å². The number of hydrogen-bond acceptors (Lipinski definition) is 2. The van der Waals surface area contributed by atoms with Crippen molar-refractivity contribution in [1.29, 1.82) is 0 Å². The fourth-order valence-electron chi connectivity index (χ4n) is 9.07. The standard InChI is InChI=1S/C60H68BNS/c1-12-15-17-24-44-32-31-41(4)53(37-44)50-29-22-30-51(42(50)5)57-52-28-21-20-27-47(52)38-56(58(57)61)62(55(40-49(63)23-13-2)46-25-18-16-19-26-46)43(6)54-39-48(34-33-45(54)14-3)60(10,11)36-35-59(7,8)9/h12-13,15-32,37-40,63H,2,6,14,33-36,61H2,1,3-5,7-11H3/b15-12-,24-17-,49-23+,55-40-. The van der Waals surface area contributed by atoms with E-state index in [-0.39, 0.29) is 10.8 Å². The van der Waals surface area contributed by atoms with Gasteiger partial charge in [0.25, 0.3) is 0 Å². The van der Waals surface area contributed by atoms with Crippen molar-refractivity contribution in [2.45, 2.75) is 94.4 Å². The molecule has 0 amide bonds. The van der Waals surface area contributed by atoms with Gasteiger partial charge in [-0.25, -0.2) is 0 Å². The monoisotopic (exact) mass is 846 g/mol. The molecule has 1 aliphatic carbocycles. The number of hydrogen-bond donors (Lipinski definition) is 1. The molecule has 0 saturated carbocycles. The summed E-state index contributed by atoms with van der Waals surface area (Å²) in [6.45, 7) is 29.9. The Kier molecular flexibility index (Phi) is 15.2. The number of nitrogens with zero attached hydrogens (tertiary/aromatic N) is 1. The Bertz CT molecular complexity index is 2690. The van der Waals surface area contributed by atoms with Crippen LogP contribution in [-0.2, 0) is 0 Å². The van der Waals surface area contributed by atoms with Gasteiger partial charge in [0.05, 0.1) is 5.70 Å². The van der Waals surface area contributed by atoms with Crippen LogP contribution in [0.25, 0.3) is 44.8 Å². The summed E-state index contributed by atoms with van der Waals surface area (Å²) in [6.07, 6.45) is 22.3. The predicted molar refractivity (Wildman–Crippen MR) is 287 cm³/mol. The molecule has 1 nitrogen and oxygen atoms in total. The molecule has 0 aliphatic heterocycles. The van der Waals surface area contributed by atoms with Crippen molar-refractivity contribution in [3.63, 3.8) is 0 Å². The summed E-state index contributed by atoms with van der Waals surface area (Å²) in [6, 6.07) is 35.5. The number of thiol groups is 1. The van der Waals surface area contributed by atoms with E-state index >= 15 is 0 Å². The Balaban J connectivity index is 1.66. The zero-order valence-electron chi connectivity index (χ0n) is 39.7. The topological polar surface area (TPSA) is 3.24 Å². The molecule has 322 valence electrons. The van der Waals surface area contributed by atoms with Crippen LogP contribution in [0.5, 0.6) is 0 Å². The molecule has 0 aromatic heterocycles. The van der Waals surface area contributed by atoms with Crippen LogP contribution in [0.3, 0.4) is 0 Å². The number of aryl methyl sites for hydroxylation is 1. The number of benzene rings is 5. The molecule has 6 rings (SSSR count). The molecule has 0 N–H and O–H groups in total. The molecule has 1 aliphatic rings. The van der Waals surface area contributed by atoms with Gasteiger partial charge in [0.15, 0.2) is 0 Å². The molecular formula is C60H68BNS. The van der Waals surface area contributed by atoms with E-state index in [0.717, 1.165) is 53.2 Å². The van der Waals surface area contributed by atoms with Crippen molar-refractivity contribution in [1.82, 2.24) is 0 Å². The van der Waals surface area contributed by atoms with E-state index < -0.39 is 0 Å². The van der Waals surface area contributed by atoms with Crippen molar-refractivity contribution in [2.24, 2.45) is 10.8 Å². The van der Waals surface area contributed by atoms with Crippen LogP contribution in [-0.4, -0.2) is 7.85 Å². The largest absolute Gasteiger partial charge is 0.310 e. The zero-order chi connectivity index (χ0) is 45.5. The summed E-state index contributed by atoms with van der Waals surface area (Å²) in [5.74, 6) is 0. The second kappa shape index (κ2) is 20.3. The first-order chi connectivity index (χ1) is 30.1. The average Bonchev–Trinajstić information content (AvgIpc) is 3.26. The van der Waals surface area contributed by atoms with E-state index in [0.29, 0.717) is 0 Å². The van der Waals surface area contributed by atoms with Crippen molar-refractivity contribution in [3.8, 4) is 22.3 Å². The lowest BCUT2D eigenvalue weighted by Crippen LogP contribution is -2.29. The summed E-state index contributed by atoms with van der Waals surface area (Å²) in [7, 11) is 2.30.